The fourth-order valence-electron chi connectivity index (χ4n) is 1.57. The summed E-state index contributed by atoms with van der Waals surface area (Å²) in [7, 11) is 0. The monoisotopic (exact) mass is 285 g/mol. The van der Waals surface area contributed by atoms with E-state index in [1.165, 1.54) is 11.0 Å². The van der Waals surface area contributed by atoms with Crippen LogP contribution in [0.2, 0.25) is 0 Å². The van der Waals surface area contributed by atoms with Crippen LogP contribution in [0.15, 0.2) is 6.33 Å². The Kier molecular flexibility index (Phi) is 4.72. The Balaban J connectivity index is 2.86. The average molecular weight is 285 g/mol. The van der Waals surface area contributed by atoms with E-state index >= 15 is 0 Å². The molecular formula is C12H14F3N5. The van der Waals surface area contributed by atoms with Crippen molar-refractivity contribution in [2.75, 3.05) is 0 Å². The zero-order chi connectivity index (χ0) is 15.4. The van der Waals surface area contributed by atoms with Crippen molar-refractivity contribution in [3.05, 3.63) is 12.2 Å². The molecule has 8 heteroatoms. The van der Waals surface area contributed by atoms with E-state index in [1.54, 1.807) is 12.1 Å². The van der Waals surface area contributed by atoms with E-state index in [0.717, 1.165) is 0 Å². The Hall–Kier alpha value is -2.09. The molecule has 0 atom stereocenters. The minimum atomic E-state index is -4.40. The Morgan fingerprint density at radius 1 is 1.25 bits per heavy atom. The average Bonchev–Trinajstić information content (AvgIpc) is 2.82. The van der Waals surface area contributed by atoms with E-state index in [2.05, 4.69) is 10.1 Å². The van der Waals surface area contributed by atoms with Gasteiger partial charge in [-0.3, -0.25) is 0 Å². The smallest absolute Gasteiger partial charge is 0.250 e. The van der Waals surface area contributed by atoms with Gasteiger partial charge in [0.15, 0.2) is 11.2 Å². The lowest BCUT2D eigenvalue weighted by Crippen LogP contribution is -2.26. The van der Waals surface area contributed by atoms with Crippen molar-refractivity contribution >= 4 is 0 Å². The van der Waals surface area contributed by atoms with Gasteiger partial charge in [0.2, 0.25) is 0 Å². The van der Waals surface area contributed by atoms with Gasteiger partial charge in [0.05, 0.1) is 18.7 Å². The largest absolute Gasteiger partial charge is 0.389 e. The Labute approximate surface area is 114 Å². The second-order valence-electron chi connectivity index (χ2n) is 4.88. The Morgan fingerprint density at radius 3 is 2.25 bits per heavy atom. The first-order valence-electron chi connectivity index (χ1n) is 6.00. The van der Waals surface area contributed by atoms with Crippen LogP contribution in [-0.4, -0.2) is 20.9 Å². The van der Waals surface area contributed by atoms with Crippen LogP contribution in [0, 0.1) is 28.1 Å². The van der Waals surface area contributed by atoms with Crippen molar-refractivity contribution in [1.29, 1.82) is 10.5 Å². The number of aromatic nitrogens is 3. The highest BCUT2D eigenvalue weighted by Gasteiger charge is 2.37. The van der Waals surface area contributed by atoms with E-state index in [9.17, 15) is 13.2 Å². The van der Waals surface area contributed by atoms with Crippen LogP contribution in [0.1, 0.15) is 38.4 Å². The quantitative estimate of drug-likeness (QED) is 0.833. The summed E-state index contributed by atoms with van der Waals surface area (Å²) < 4.78 is 38.0. The maximum Gasteiger partial charge on any atom is 0.389 e. The van der Waals surface area contributed by atoms with Crippen LogP contribution in [0.25, 0.3) is 0 Å². The molecule has 0 saturated carbocycles. The summed E-state index contributed by atoms with van der Waals surface area (Å²) in [6.07, 6.45) is -4.84. The summed E-state index contributed by atoms with van der Waals surface area (Å²) >= 11 is 0. The third kappa shape index (κ3) is 4.23. The lowest BCUT2D eigenvalue weighted by Gasteiger charge is -2.19. The molecule has 0 aliphatic heterocycles. The van der Waals surface area contributed by atoms with Crippen molar-refractivity contribution in [2.24, 2.45) is 5.41 Å². The molecule has 0 bridgehead atoms. The molecule has 1 aromatic heterocycles. The summed E-state index contributed by atoms with van der Waals surface area (Å²) in [6.45, 7) is 3.51. The van der Waals surface area contributed by atoms with Crippen LogP contribution in [0.5, 0.6) is 0 Å². The number of hydrogen-bond donors (Lipinski definition) is 0. The van der Waals surface area contributed by atoms with Gasteiger partial charge in [0, 0.05) is 12.3 Å². The standard InChI is InChI=1S/C12H14F3N5/c1-9(2)10-18-8-20(19-10)7-11(5-16,6-17)3-4-12(13,14)15/h8-9H,3-4,7H2,1-2H3. The molecule has 0 radical (unpaired) electrons. The highest BCUT2D eigenvalue weighted by molar-refractivity contribution is 5.13. The lowest BCUT2D eigenvalue weighted by molar-refractivity contribution is -0.138. The van der Waals surface area contributed by atoms with Crippen molar-refractivity contribution in [1.82, 2.24) is 14.8 Å². The molecule has 1 heterocycles. The van der Waals surface area contributed by atoms with Gasteiger partial charge < -0.3 is 0 Å². The van der Waals surface area contributed by atoms with E-state index in [1.807, 2.05) is 13.8 Å². The Morgan fingerprint density at radius 2 is 1.85 bits per heavy atom. The summed E-state index contributed by atoms with van der Waals surface area (Å²) in [4.78, 5) is 3.99. The zero-order valence-corrected chi connectivity index (χ0v) is 11.1. The molecule has 0 unspecified atom stereocenters. The van der Waals surface area contributed by atoms with Crippen LogP contribution in [-0.2, 0) is 6.54 Å². The summed E-state index contributed by atoms with van der Waals surface area (Å²) in [5, 5.41) is 22.2. The molecule has 1 aromatic rings. The third-order valence-corrected chi connectivity index (χ3v) is 2.77. The van der Waals surface area contributed by atoms with E-state index < -0.39 is 24.4 Å². The Bertz CT molecular complexity index is 519. The summed E-state index contributed by atoms with van der Waals surface area (Å²) in [5.41, 5.74) is -1.75. The van der Waals surface area contributed by atoms with Crippen molar-refractivity contribution in [3.63, 3.8) is 0 Å². The van der Waals surface area contributed by atoms with Crippen molar-refractivity contribution in [3.8, 4) is 12.1 Å². The number of rotatable bonds is 5. The van der Waals surface area contributed by atoms with Gasteiger partial charge in [0.25, 0.3) is 0 Å². The maximum absolute atomic E-state index is 12.3. The fraction of sp³-hybridized carbons (Fsp3) is 0.667. The lowest BCUT2D eigenvalue weighted by atomic mass is 9.86. The van der Waals surface area contributed by atoms with Gasteiger partial charge in [-0.15, -0.1) is 0 Å². The van der Waals surface area contributed by atoms with Gasteiger partial charge in [-0.1, -0.05) is 13.8 Å². The predicted octanol–water partition coefficient (Wildman–Crippen LogP) is 2.78. The first-order valence-corrected chi connectivity index (χ1v) is 6.00. The van der Waals surface area contributed by atoms with Crippen LogP contribution < -0.4 is 0 Å². The molecule has 5 nitrogen and oxygen atoms in total. The minimum absolute atomic E-state index is 0.0602. The molecule has 0 aromatic carbocycles. The topological polar surface area (TPSA) is 78.3 Å². The van der Waals surface area contributed by atoms with E-state index in [-0.39, 0.29) is 12.5 Å². The highest BCUT2D eigenvalue weighted by Crippen LogP contribution is 2.31. The molecule has 0 fully saturated rings. The predicted molar refractivity (Wildman–Crippen MR) is 63.1 cm³/mol. The van der Waals surface area contributed by atoms with Crippen LogP contribution in [0.4, 0.5) is 13.2 Å². The van der Waals surface area contributed by atoms with Crippen molar-refractivity contribution < 1.29 is 13.2 Å². The fourth-order valence-corrected chi connectivity index (χ4v) is 1.57. The highest BCUT2D eigenvalue weighted by atomic mass is 19.4. The number of hydrogen-bond acceptors (Lipinski definition) is 4. The molecule has 0 N–H and O–H groups in total. The van der Waals surface area contributed by atoms with Gasteiger partial charge >= 0.3 is 6.18 Å². The van der Waals surface area contributed by atoms with Crippen molar-refractivity contribution in [2.45, 2.75) is 45.3 Å². The summed E-state index contributed by atoms with van der Waals surface area (Å²) in [5.74, 6) is 0.579. The van der Waals surface area contributed by atoms with Gasteiger partial charge in [-0.05, 0) is 6.42 Å². The van der Waals surface area contributed by atoms with E-state index in [0.29, 0.717) is 5.82 Å². The van der Waals surface area contributed by atoms with Crippen LogP contribution in [0.3, 0.4) is 0 Å². The number of halogens is 3. The zero-order valence-electron chi connectivity index (χ0n) is 11.1. The maximum atomic E-state index is 12.3. The summed E-state index contributed by atoms with van der Waals surface area (Å²) in [6, 6.07) is 3.35. The first kappa shape index (κ1) is 16.0. The molecule has 0 spiro atoms. The molecule has 0 amide bonds. The normalized spacial score (nSPS) is 12.2. The van der Waals surface area contributed by atoms with Gasteiger partial charge in [-0.25, -0.2) is 9.67 Å². The third-order valence-electron chi connectivity index (χ3n) is 2.77. The second-order valence-corrected chi connectivity index (χ2v) is 4.88. The molecule has 20 heavy (non-hydrogen) atoms. The molecule has 108 valence electrons. The molecule has 0 saturated heterocycles. The second kappa shape index (κ2) is 5.91. The number of nitrogens with zero attached hydrogens (tertiary/aromatic N) is 5. The SMILES string of the molecule is CC(C)c1ncn(CC(C#N)(C#N)CCC(F)(F)F)n1. The minimum Gasteiger partial charge on any atom is -0.250 e. The molecule has 0 aliphatic carbocycles. The number of nitriles is 2. The van der Waals surface area contributed by atoms with E-state index in [4.69, 9.17) is 10.5 Å². The molecule has 1 rings (SSSR count). The van der Waals surface area contributed by atoms with Gasteiger partial charge in [-0.2, -0.15) is 28.8 Å². The number of alkyl halides is 3. The van der Waals surface area contributed by atoms with Crippen LogP contribution >= 0.6 is 0 Å². The molecular weight excluding hydrogens is 271 g/mol. The van der Waals surface area contributed by atoms with Gasteiger partial charge in [0.1, 0.15) is 6.33 Å². The first-order chi connectivity index (χ1) is 9.21. The molecule has 0 aliphatic rings.